The van der Waals surface area contributed by atoms with Crippen LogP contribution in [0.1, 0.15) is 26.9 Å². The number of aromatic nitrogens is 4. The van der Waals surface area contributed by atoms with Gasteiger partial charge in [-0.3, -0.25) is 18.0 Å². The first-order valence-electron chi connectivity index (χ1n) is 13.6. The third kappa shape index (κ3) is 13.9. The molecule has 1 aliphatic heterocycles. The zero-order chi connectivity index (χ0) is 37.5. The number of phosphoric ester groups is 1. The van der Waals surface area contributed by atoms with Crippen LogP contribution in [-0.4, -0.2) is 56.4 Å². The number of esters is 2. The molecule has 0 spiro atoms. The molecule has 0 radical (unpaired) electrons. The fourth-order valence-electron chi connectivity index (χ4n) is 4.62. The van der Waals surface area contributed by atoms with E-state index in [1.165, 1.54) is 24.3 Å². The van der Waals surface area contributed by atoms with Crippen LogP contribution in [0.4, 0.5) is 17.2 Å². The van der Waals surface area contributed by atoms with Crippen LogP contribution in [0.25, 0.3) is 11.2 Å². The van der Waals surface area contributed by atoms with Crippen LogP contribution in [0.5, 0.6) is 0 Å². The second kappa shape index (κ2) is 21.7. The monoisotopic (exact) mass is 901 g/mol. The van der Waals surface area contributed by atoms with Crippen molar-refractivity contribution in [3.8, 4) is 0 Å². The van der Waals surface area contributed by atoms with E-state index in [4.69, 9.17) is 54.6 Å². The smallest absolute Gasteiger partial charge is 0.790 e. The van der Waals surface area contributed by atoms with E-state index in [1.807, 2.05) is 0 Å². The molecule has 6 atom stereocenters. The van der Waals surface area contributed by atoms with Crippen molar-refractivity contribution in [1.82, 2.24) is 19.5 Å². The number of halogens is 2. The number of nitrogen functional groups attached to an aromatic ring is 3. The van der Waals surface area contributed by atoms with Crippen LogP contribution in [0.2, 0.25) is 10.0 Å². The Morgan fingerprint density at radius 1 is 0.782 bits per heavy atom. The van der Waals surface area contributed by atoms with Gasteiger partial charge in [0.2, 0.25) is 0 Å². The molecule has 0 saturated carbocycles. The van der Waals surface area contributed by atoms with Gasteiger partial charge in [0.15, 0.2) is 29.9 Å². The van der Waals surface area contributed by atoms with Crippen molar-refractivity contribution in [3.05, 3.63) is 70.2 Å². The Morgan fingerprint density at radius 3 is 1.84 bits per heavy atom. The van der Waals surface area contributed by atoms with Gasteiger partial charge in [0.1, 0.15) is 17.9 Å². The average molecular weight is 902 g/mol. The van der Waals surface area contributed by atoms with E-state index < -0.39 is 66.6 Å². The molecular weight excluding hydrogens is 882 g/mol. The van der Waals surface area contributed by atoms with Crippen LogP contribution in [0.15, 0.2) is 49.1 Å². The number of ether oxygens (including phenoxy) is 3. The topological polar surface area (TPSA) is 355 Å². The fourth-order valence-corrected chi connectivity index (χ4v) is 7.83. The number of hydrogen-bond acceptors (Lipinski definition) is 21. The van der Waals surface area contributed by atoms with Gasteiger partial charge in [-0.2, -0.15) is 0 Å². The number of hydrogen-bond donors (Lipinski definition) is 3. The molecule has 1 aliphatic rings. The van der Waals surface area contributed by atoms with Gasteiger partial charge in [0.25, 0.3) is 15.6 Å². The molecule has 274 valence electrons. The Hall–Kier alpha value is 0.280. The van der Waals surface area contributed by atoms with Crippen LogP contribution in [0, 0.1) is 0 Å². The Bertz CT molecular complexity index is 2170. The Balaban J connectivity index is 0.00000378. The summed E-state index contributed by atoms with van der Waals surface area (Å²) in [6.07, 6.45) is -4.94. The Morgan fingerprint density at radius 2 is 1.31 bits per heavy atom. The number of carbonyl (C=O) groups excluding carboxylic acids is 2. The van der Waals surface area contributed by atoms with E-state index in [9.17, 15) is 42.9 Å². The van der Waals surface area contributed by atoms with Gasteiger partial charge in [-0.15, -0.1) is 0 Å². The molecule has 6 N–H and O–H groups in total. The Kier molecular flexibility index (Phi) is 21.0. The van der Waals surface area contributed by atoms with Crippen LogP contribution in [-0.2, 0) is 41.1 Å². The third-order valence-corrected chi connectivity index (χ3v) is 10.8. The quantitative estimate of drug-likeness (QED) is 0.0514. The molecule has 4 aromatic rings. The largest absolute Gasteiger partial charge is 1.00 e. The molecule has 31 heteroatoms. The number of anilines is 3. The summed E-state index contributed by atoms with van der Waals surface area (Å²) in [5.74, 6) is -2.45. The van der Waals surface area contributed by atoms with Crippen molar-refractivity contribution < 1.29 is 188 Å². The summed E-state index contributed by atoms with van der Waals surface area (Å²) in [5, 5.41) is 0.123. The zero-order valence-electron chi connectivity index (χ0n) is 28.9. The summed E-state index contributed by atoms with van der Waals surface area (Å²) in [7, 11) is -18.8. The van der Waals surface area contributed by atoms with Crippen molar-refractivity contribution in [2.24, 2.45) is 0 Å². The van der Waals surface area contributed by atoms with E-state index >= 15 is 0 Å². The summed E-state index contributed by atoms with van der Waals surface area (Å²) < 4.78 is 64.8. The minimum atomic E-state index is -6.36. The van der Waals surface area contributed by atoms with Crippen molar-refractivity contribution in [2.75, 3.05) is 23.8 Å². The predicted molar refractivity (Wildman–Crippen MR) is 165 cm³/mol. The van der Waals surface area contributed by atoms with E-state index in [0.29, 0.717) is 0 Å². The van der Waals surface area contributed by atoms with Crippen LogP contribution < -0.4 is 155 Å². The summed E-state index contributed by atoms with van der Waals surface area (Å²) in [6, 6.07) is 7.60. The first-order valence-corrected chi connectivity index (χ1v) is 18.7. The normalized spacial score (nSPS) is 20.0. The molecule has 5 rings (SSSR count). The maximum Gasteiger partial charge on any atom is 1.00 e. The summed E-state index contributed by atoms with van der Waals surface area (Å²) in [5.41, 5.74) is 17.0. The molecule has 0 bridgehead atoms. The van der Waals surface area contributed by atoms with Gasteiger partial charge < -0.3 is 60.1 Å². The molecule has 2 aromatic carbocycles. The van der Waals surface area contributed by atoms with Crippen molar-refractivity contribution >= 4 is 87.0 Å². The van der Waals surface area contributed by atoms with E-state index in [-0.39, 0.29) is 168 Å². The molecule has 22 nitrogen and oxygen atoms in total. The summed E-state index contributed by atoms with van der Waals surface area (Å²) in [4.78, 5) is 84.7. The van der Waals surface area contributed by atoms with Crippen LogP contribution >= 0.6 is 46.7 Å². The third-order valence-electron chi connectivity index (χ3n) is 6.70. The van der Waals surface area contributed by atoms with Gasteiger partial charge in [-0.05, 0) is 36.4 Å². The van der Waals surface area contributed by atoms with Crippen LogP contribution in [0.3, 0.4) is 0 Å². The van der Waals surface area contributed by atoms with Gasteiger partial charge in [0.05, 0.1) is 31.9 Å². The molecule has 55 heavy (non-hydrogen) atoms. The van der Waals surface area contributed by atoms with E-state index in [1.54, 1.807) is 0 Å². The number of benzene rings is 2. The number of rotatable bonds is 12. The average Bonchev–Trinajstić information content (AvgIpc) is 3.58. The maximum atomic E-state index is 13.5. The number of fused-ring (bicyclic) bond motifs is 1. The molecular formula is C24H20Cl2N7Na4O15P3. The fraction of sp³-hybridized carbons (Fsp3) is 0.208. The molecule has 3 heterocycles. The molecule has 0 aliphatic carbocycles. The standard InChI is InChI=1S/C24H24Cl2N7O15P3.4Na/c25-10-1-3-14(27)12(5-10)23(34)45-18-16(7-43-50(39,40)48-51(41,42)47-49(36,37)38)44-22(33-9-32-17-20(29)30-8-31-21(17)33)19(18)46-24(35)13-6-11(26)2-4-15(13)28;;;;/h1-6,8-9,16,18-19,22H,7,27-28H2,(H,39,40)(H,41,42)(H2,29,30,31)(H2,36,37,38);;;;/q;4*+1/p-4/t16-,18-,19-,22-;;;;/m1..../s1. The first-order chi connectivity index (χ1) is 23.7. The summed E-state index contributed by atoms with van der Waals surface area (Å²) in [6.45, 7) is -1.29. The Labute approximate surface area is 408 Å². The van der Waals surface area contributed by atoms with Crippen molar-refractivity contribution in [2.45, 2.75) is 24.5 Å². The number of phosphoric acid groups is 3. The first kappa shape index (κ1) is 53.3. The number of nitrogens with two attached hydrogens (primary N) is 3. The minimum absolute atomic E-state index is 0. The number of nitrogens with zero attached hydrogens (tertiary/aromatic N) is 4. The van der Waals surface area contributed by atoms with E-state index in [2.05, 4.69) is 28.1 Å². The van der Waals surface area contributed by atoms with Crippen molar-refractivity contribution in [1.29, 1.82) is 0 Å². The second-order valence-electron chi connectivity index (χ2n) is 10.2. The van der Waals surface area contributed by atoms with Gasteiger partial charge >= 0.3 is 130 Å². The molecule has 2 unspecified atom stereocenters. The number of carbonyl (C=O) groups is 2. The molecule has 2 aromatic heterocycles. The molecule has 0 amide bonds. The predicted octanol–water partition coefficient (Wildman–Crippen LogP) is -11.9. The SMILES string of the molecule is Nc1ccc(Cl)cc1C(=O)O[C@@H]1[C@H](OC(=O)c2cc(Cl)ccc2N)[C@@H](COP(=O)([O-])OP(=O)([O-])OP(=O)([O-])[O-])O[C@H]1n1cnc2c(N)ncnc21.[Na+].[Na+].[Na+].[Na+]. The van der Waals surface area contributed by atoms with Gasteiger partial charge in [-0.25, -0.2) is 28.9 Å². The minimum Gasteiger partial charge on any atom is -0.790 e. The van der Waals surface area contributed by atoms with Crippen molar-refractivity contribution in [3.63, 3.8) is 0 Å². The molecule has 1 fully saturated rings. The van der Waals surface area contributed by atoms with Gasteiger partial charge in [-0.1, -0.05) is 23.2 Å². The maximum absolute atomic E-state index is 13.5. The second-order valence-corrected chi connectivity index (χ2v) is 15.3. The molecule has 1 saturated heterocycles. The summed E-state index contributed by atoms with van der Waals surface area (Å²) >= 11 is 12.1. The van der Waals surface area contributed by atoms with E-state index in [0.717, 1.165) is 29.4 Å². The number of imidazole rings is 1. The van der Waals surface area contributed by atoms with Gasteiger partial charge in [0, 0.05) is 21.4 Å². The zero-order valence-corrected chi connectivity index (χ0v) is 41.1.